The first-order chi connectivity index (χ1) is 9.15. The molecule has 0 amide bonds. The molecule has 0 aromatic rings. The molecule has 0 heterocycles. The average Bonchev–Trinajstić information content (AvgIpc) is 2.40. The Labute approximate surface area is 134 Å². The molecule has 0 bridgehead atoms. The summed E-state index contributed by atoms with van der Waals surface area (Å²) in [6, 6.07) is 0. The Morgan fingerprint density at radius 3 is 2.26 bits per heavy atom. The van der Waals surface area contributed by atoms with E-state index < -0.39 is 0 Å². The van der Waals surface area contributed by atoms with Crippen LogP contribution < -0.4 is 5.73 Å². The Hall–Kier alpha value is 0.650. The van der Waals surface area contributed by atoms with Gasteiger partial charge in [0.15, 0.2) is 0 Å². The molecule has 0 aromatic heterocycles. The Kier molecular flexibility index (Phi) is 14.1. The van der Waals surface area contributed by atoms with Gasteiger partial charge in [-0.05, 0) is 31.2 Å². The summed E-state index contributed by atoms with van der Waals surface area (Å²) < 4.78 is 6.56. The van der Waals surface area contributed by atoms with Crippen molar-refractivity contribution in [1.82, 2.24) is 0 Å². The van der Waals surface area contributed by atoms with Crippen molar-refractivity contribution in [3.63, 3.8) is 0 Å². The van der Waals surface area contributed by atoms with Crippen LogP contribution in [-0.2, 0) is 4.74 Å². The van der Waals surface area contributed by atoms with E-state index in [4.69, 9.17) is 10.5 Å². The van der Waals surface area contributed by atoms with Gasteiger partial charge < -0.3 is 10.5 Å². The zero-order chi connectivity index (χ0) is 14.5. The third-order valence-corrected chi connectivity index (χ3v) is 4.82. The van der Waals surface area contributed by atoms with E-state index in [0.29, 0.717) is 15.8 Å². The Morgan fingerprint density at radius 2 is 1.68 bits per heavy atom. The molecule has 3 atom stereocenters. The second-order valence-corrected chi connectivity index (χ2v) is 7.51. The third kappa shape index (κ3) is 11.0. The third-order valence-electron chi connectivity index (χ3n) is 3.84. The number of hydrogen-bond acceptors (Lipinski definition) is 2. The van der Waals surface area contributed by atoms with E-state index in [1.54, 1.807) is 0 Å². The van der Waals surface area contributed by atoms with Gasteiger partial charge in [-0.1, -0.05) is 75.5 Å². The Bertz CT molecular complexity index is 190. The number of halogens is 1. The highest BCUT2D eigenvalue weighted by Crippen LogP contribution is 2.19. The second kappa shape index (κ2) is 13.6. The minimum Gasteiger partial charge on any atom is -0.380 e. The van der Waals surface area contributed by atoms with Crippen molar-refractivity contribution in [3.8, 4) is 0 Å². The normalized spacial score (nSPS) is 16.3. The number of nitrogens with two attached hydrogens (primary N) is 1. The van der Waals surface area contributed by atoms with Gasteiger partial charge in [0.2, 0.25) is 0 Å². The van der Waals surface area contributed by atoms with Crippen LogP contribution in [0.25, 0.3) is 0 Å². The van der Waals surface area contributed by atoms with Crippen molar-refractivity contribution in [3.05, 3.63) is 0 Å². The van der Waals surface area contributed by atoms with E-state index in [-0.39, 0.29) is 0 Å². The maximum Gasteiger partial charge on any atom is 0.0584 e. The van der Waals surface area contributed by atoms with Crippen LogP contribution in [0.15, 0.2) is 0 Å². The summed E-state index contributed by atoms with van der Waals surface area (Å²) in [5.74, 6) is 1.23. The van der Waals surface area contributed by atoms with Gasteiger partial charge in [-0.15, -0.1) is 0 Å². The highest BCUT2D eigenvalue weighted by atomic mass is 127. The van der Waals surface area contributed by atoms with E-state index in [0.717, 1.165) is 19.8 Å². The molecule has 0 spiro atoms. The van der Waals surface area contributed by atoms with Crippen molar-refractivity contribution >= 4 is 22.6 Å². The van der Waals surface area contributed by atoms with Gasteiger partial charge in [0.1, 0.15) is 0 Å². The molecule has 0 radical (unpaired) electrons. The molecule has 2 N–H and O–H groups in total. The zero-order valence-corrected chi connectivity index (χ0v) is 15.3. The minimum absolute atomic E-state index is 0.593. The summed E-state index contributed by atoms with van der Waals surface area (Å²) in [5.41, 5.74) is 5.87. The van der Waals surface area contributed by atoms with Crippen molar-refractivity contribution in [1.29, 1.82) is 0 Å². The Balaban J connectivity index is 3.66. The number of ether oxygens (including phenoxy) is 1. The molecule has 19 heavy (non-hydrogen) atoms. The first-order valence-corrected chi connectivity index (χ1v) is 9.32. The topological polar surface area (TPSA) is 35.2 Å². The average molecular weight is 383 g/mol. The highest BCUT2D eigenvalue weighted by molar-refractivity contribution is 14.1. The first-order valence-electron chi connectivity index (χ1n) is 8.07. The molecule has 0 saturated carbocycles. The summed E-state index contributed by atoms with van der Waals surface area (Å²) in [5, 5.41) is 0. The van der Waals surface area contributed by atoms with Crippen LogP contribution in [0.3, 0.4) is 0 Å². The fraction of sp³-hybridized carbons (Fsp3) is 1.00. The van der Waals surface area contributed by atoms with E-state index >= 15 is 0 Å². The number of hydrogen-bond donors (Lipinski definition) is 1. The molecule has 3 heteroatoms. The van der Waals surface area contributed by atoms with E-state index in [1.807, 2.05) is 0 Å². The predicted octanol–water partition coefficient (Wildman–Crippen LogP) is 4.79. The van der Waals surface area contributed by atoms with Crippen LogP contribution in [0.1, 0.15) is 65.7 Å². The van der Waals surface area contributed by atoms with Crippen LogP contribution in [-0.4, -0.2) is 23.7 Å². The summed E-state index contributed by atoms with van der Waals surface area (Å²) in [4.78, 5) is 0. The van der Waals surface area contributed by atoms with E-state index in [9.17, 15) is 0 Å². The molecule has 1 unspecified atom stereocenters. The van der Waals surface area contributed by atoms with Crippen LogP contribution >= 0.6 is 22.6 Å². The summed E-state index contributed by atoms with van der Waals surface area (Å²) >= 11 is 2.53. The quantitative estimate of drug-likeness (QED) is 0.282. The van der Waals surface area contributed by atoms with Gasteiger partial charge in [0.25, 0.3) is 0 Å². The lowest BCUT2D eigenvalue weighted by Crippen LogP contribution is -2.26. The second-order valence-electron chi connectivity index (χ2n) is 5.75. The maximum absolute atomic E-state index is 5.89. The van der Waals surface area contributed by atoms with E-state index in [2.05, 4.69) is 43.4 Å². The lowest BCUT2D eigenvalue weighted by Gasteiger charge is -2.23. The molecule has 0 aromatic carbocycles. The Morgan fingerprint density at radius 1 is 1.00 bits per heavy atom. The standard InChI is InChI=1S/C16H34INO/c1-4-6-8-10-16(17)13-19-12-14(3)15(11-18)9-7-5-2/h14-16H,4-13,18H2,1-3H3/t14?,15-,16-/m1/s1. The van der Waals surface area contributed by atoms with Crippen LogP contribution in [0.2, 0.25) is 0 Å². The molecule has 0 aliphatic rings. The van der Waals surface area contributed by atoms with Gasteiger partial charge in [-0.2, -0.15) is 0 Å². The van der Waals surface area contributed by atoms with E-state index in [1.165, 1.54) is 44.9 Å². The lowest BCUT2D eigenvalue weighted by molar-refractivity contribution is 0.0842. The van der Waals surface area contributed by atoms with Gasteiger partial charge in [-0.25, -0.2) is 0 Å². The largest absolute Gasteiger partial charge is 0.380 e. The van der Waals surface area contributed by atoms with Gasteiger partial charge in [0.05, 0.1) is 6.61 Å². The molecule has 0 fully saturated rings. The minimum atomic E-state index is 0.593. The molecule has 116 valence electrons. The maximum atomic E-state index is 5.89. The summed E-state index contributed by atoms with van der Waals surface area (Å²) in [6.45, 7) is 9.36. The smallest absolute Gasteiger partial charge is 0.0584 e. The molecular formula is C16H34INO. The predicted molar refractivity (Wildman–Crippen MR) is 94.0 cm³/mol. The number of unbranched alkanes of at least 4 members (excludes halogenated alkanes) is 3. The fourth-order valence-corrected chi connectivity index (χ4v) is 3.01. The molecule has 0 saturated heterocycles. The number of alkyl halides is 1. The van der Waals surface area contributed by atoms with Crippen LogP contribution in [0.5, 0.6) is 0 Å². The van der Waals surface area contributed by atoms with Gasteiger partial charge >= 0.3 is 0 Å². The molecule has 0 aliphatic carbocycles. The number of rotatable bonds is 13. The molecule has 0 aliphatic heterocycles. The monoisotopic (exact) mass is 383 g/mol. The van der Waals surface area contributed by atoms with Gasteiger partial charge in [-0.3, -0.25) is 0 Å². The molecule has 2 nitrogen and oxygen atoms in total. The fourth-order valence-electron chi connectivity index (χ4n) is 2.32. The summed E-state index contributed by atoms with van der Waals surface area (Å²) in [6.07, 6.45) is 9.08. The van der Waals surface area contributed by atoms with Gasteiger partial charge in [0, 0.05) is 10.5 Å². The molecule has 0 rings (SSSR count). The molecular weight excluding hydrogens is 349 g/mol. The van der Waals surface area contributed by atoms with Crippen LogP contribution in [0.4, 0.5) is 0 Å². The van der Waals surface area contributed by atoms with Crippen molar-refractivity contribution in [2.45, 2.75) is 69.6 Å². The van der Waals surface area contributed by atoms with Crippen molar-refractivity contribution < 1.29 is 4.74 Å². The SMILES string of the molecule is CCCCC[C@@H](I)COCC(C)[C@@H](CN)CCCC. The first kappa shape index (κ1) is 19.7. The zero-order valence-electron chi connectivity index (χ0n) is 13.2. The van der Waals surface area contributed by atoms with Crippen molar-refractivity contribution in [2.75, 3.05) is 19.8 Å². The van der Waals surface area contributed by atoms with Crippen molar-refractivity contribution in [2.24, 2.45) is 17.6 Å². The van der Waals surface area contributed by atoms with Crippen LogP contribution in [0, 0.1) is 11.8 Å². The highest BCUT2D eigenvalue weighted by Gasteiger charge is 2.16. The lowest BCUT2D eigenvalue weighted by atomic mass is 9.90. The summed E-state index contributed by atoms with van der Waals surface area (Å²) in [7, 11) is 0.